The van der Waals surface area contributed by atoms with E-state index in [-0.39, 0.29) is 29.6 Å². The summed E-state index contributed by atoms with van der Waals surface area (Å²) in [6.45, 7) is 10.9. The molecule has 0 aromatic heterocycles. The average Bonchev–Trinajstić information content (AvgIpc) is 3.44. The van der Waals surface area contributed by atoms with Gasteiger partial charge in [0.1, 0.15) is 0 Å². The van der Waals surface area contributed by atoms with Crippen molar-refractivity contribution < 1.29 is 14.4 Å². The molecule has 2 aliphatic heterocycles. The van der Waals surface area contributed by atoms with E-state index in [0.717, 1.165) is 57.2 Å². The molecular formula is C25H46N6O3. The molecule has 0 spiro atoms. The molecule has 0 aliphatic carbocycles. The van der Waals surface area contributed by atoms with E-state index in [1.807, 2.05) is 0 Å². The van der Waals surface area contributed by atoms with Gasteiger partial charge in [-0.05, 0) is 59.3 Å². The van der Waals surface area contributed by atoms with Gasteiger partial charge in [0.05, 0.1) is 23.7 Å². The summed E-state index contributed by atoms with van der Waals surface area (Å²) >= 11 is 0. The fraction of sp³-hybridized carbons (Fsp3) is 0.800. The number of carbonyl (C=O) groups excluding carboxylic acids is 3. The lowest BCUT2D eigenvalue weighted by molar-refractivity contribution is -0.133. The smallest absolute Gasteiger partial charge is 0.241 e. The zero-order chi connectivity index (χ0) is 25.6. The van der Waals surface area contributed by atoms with Gasteiger partial charge in [-0.3, -0.25) is 14.4 Å². The highest BCUT2D eigenvalue weighted by Gasteiger charge is 2.47. The summed E-state index contributed by atoms with van der Waals surface area (Å²) in [6.07, 6.45) is 6.86. The maximum absolute atomic E-state index is 13.0. The van der Waals surface area contributed by atoms with E-state index in [0.29, 0.717) is 19.4 Å². The Kier molecular flexibility index (Phi) is 10.2. The summed E-state index contributed by atoms with van der Waals surface area (Å²) in [5.74, 6) is -0.0338. The lowest BCUT2D eigenvalue weighted by atomic mass is 9.84. The predicted molar refractivity (Wildman–Crippen MR) is 135 cm³/mol. The van der Waals surface area contributed by atoms with E-state index in [4.69, 9.17) is 22.9 Å². The Morgan fingerprint density at radius 2 is 1.62 bits per heavy atom. The molecule has 2 fully saturated rings. The van der Waals surface area contributed by atoms with Crippen LogP contribution in [0, 0.1) is 0 Å². The van der Waals surface area contributed by atoms with Gasteiger partial charge in [0, 0.05) is 37.3 Å². The Morgan fingerprint density at radius 3 is 2.21 bits per heavy atom. The van der Waals surface area contributed by atoms with E-state index in [9.17, 15) is 14.4 Å². The van der Waals surface area contributed by atoms with Gasteiger partial charge in [-0.1, -0.05) is 19.4 Å². The molecular weight excluding hydrogens is 432 g/mol. The summed E-state index contributed by atoms with van der Waals surface area (Å²) in [7, 11) is 0. The third kappa shape index (κ3) is 6.24. The van der Waals surface area contributed by atoms with E-state index in [2.05, 4.69) is 11.5 Å². The summed E-state index contributed by atoms with van der Waals surface area (Å²) in [6, 6.07) is -2.31. The van der Waals surface area contributed by atoms with Crippen molar-refractivity contribution in [1.82, 2.24) is 9.80 Å². The Hall–Kier alpha value is -1.81. The van der Waals surface area contributed by atoms with Crippen LogP contribution in [-0.2, 0) is 14.4 Å². The molecule has 34 heavy (non-hydrogen) atoms. The van der Waals surface area contributed by atoms with Gasteiger partial charge in [0.25, 0.3) is 0 Å². The van der Waals surface area contributed by atoms with Gasteiger partial charge in [0.2, 0.25) is 5.91 Å². The first kappa shape index (κ1) is 28.4. The minimum absolute atomic E-state index is 0.0110. The summed E-state index contributed by atoms with van der Waals surface area (Å²) in [5, 5.41) is 0. The van der Waals surface area contributed by atoms with Crippen molar-refractivity contribution in [3.05, 3.63) is 12.3 Å². The van der Waals surface area contributed by atoms with E-state index in [1.54, 1.807) is 25.7 Å². The van der Waals surface area contributed by atoms with Crippen LogP contribution in [0.5, 0.6) is 0 Å². The first-order valence-corrected chi connectivity index (χ1v) is 12.8. The first-order valence-electron chi connectivity index (χ1n) is 12.8. The van der Waals surface area contributed by atoms with Gasteiger partial charge < -0.3 is 32.7 Å². The number of hydrogen-bond donors (Lipinski definition) is 4. The SMILES string of the molecule is C=C(C1CCCN1C(=O)C(N)C(C)N)N1CCCC1(CCCCCC(=O)C(N)C(C)N)C(C)=O. The molecule has 2 rings (SSSR count). The van der Waals surface area contributed by atoms with Crippen molar-refractivity contribution in [3.63, 3.8) is 0 Å². The number of amides is 1. The van der Waals surface area contributed by atoms with Crippen LogP contribution in [0.15, 0.2) is 12.3 Å². The van der Waals surface area contributed by atoms with E-state index < -0.39 is 23.7 Å². The zero-order valence-electron chi connectivity index (χ0n) is 21.3. The maximum atomic E-state index is 13.0. The van der Waals surface area contributed by atoms with Crippen molar-refractivity contribution >= 4 is 17.5 Å². The number of nitrogens with zero attached hydrogens (tertiary/aromatic N) is 2. The molecule has 6 atom stereocenters. The van der Waals surface area contributed by atoms with Gasteiger partial charge in [-0.15, -0.1) is 0 Å². The number of rotatable bonds is 13. The Morgan fingerprint density at radius 1 is 0.971 bits per heavy atom. The predicted octanol–water partition coefficient (Wildman–Crippen LogP) is 0.783. The standard InChI is InChI=1S/C25H46N6O3/c1-16(26)22(28)21(33)11-6-5-7-12-25(19(4)32)13-9-15-31(25)18(3)20-10-8-14-30(20)24(34)23(29)17(2)27/h16-17,20,22-23H,3,5-15,26-29H2,1-2,4H3. The van der Waals surface area contributed by atoms with Gasteiger partial charge >= 0.3 is 0 Å². The first-order chi connectivity index (χ1) is 15.9. The fourth-order valence-electron chi connectivity index (χ4n) is 5.43. The fourth-order valence-corrected chi connectivity index (χ4v) is 5.43. The molecule has 2 aliphatic rings. The largest absolute Gasteiger partial charge is 0.361 e. The molecule has 194 valence electrons. The van der Waals surface area contributed by atoms with Gasteiger partial charge in [0.15, 0.2) is 11.6 Å². The molecule has 0 saturated carbocycles. The van der Waals surface area contributed by atoms with Gasteiger partial charge in [-0.25, -0.2) is 0 Å². The van der Waals surface area contributed by atoms with Crippen LogP contribution in [-0.4, -0.2) is 76.1 Å². The van der Waals surface area contributed by atoms with Crippen LogP contribution in [0.1, 0.15) is 78.6 Å². The van der Waals surface area contributed by atoms with E-state index >= 15 is 0 Å². The van der Waals surface area contributed by atoms with Crippen molar-refractivity contribution in [2.45, 2.75) is 114 Å². The normalized spacial score (nSPS) is 26.3. The quantitative estimate of drug-likeness (QED) is 0.282. The summed E-state index contributed by atoms with van der Waals surface area (Å²) < 4.78 is 0. The number of ketones is 2. The molecule has 6 unspecified atom stereocenters. The second-order valence-electron chi connectivity index (χ2n) is 10.3. The van der Waals surface area contributed by atoms with Crippen LogP contribution >= 0.6 is 0 Å². The van der Waals surface area contributed by atoms with E-state index in [1.165, 1.54) is 0 Å². The Balaban J connectivity index is 2.03. The second-order valence-corrected chi connectivity index (χ2v) is 10.3. The molecule has 9 heteroatoms. The highest BCUT2D eigenvalue weighted by molar-refractivity contribution is 5.87. The van der Waals surface area contributed by atoms with Crippen molar-refractivity contribution in [2.24, 2.45) is 22.9 Å². The molecule has 2 heterocycles. The van der Waals surface area contributed by atoms with Crippen molar-refractivity contribution in [3.8, 4) is 0 Å². The number of Topliss-reactive ketones (excluding diaryl/α,β-unsaturated/α-hetero) is 2. The third-order valence-corrected chi connectivity index (χ3v) is 7.71. The van der Waals surface area contributed by atoms with Crippen LogP contribution in [0.4, 0.5) is 0 Å². The number of carbonyl (C=O) groups is 3. The molecule has 0 aromatic carbocycles. The molecule has 8 N–H and O–H groups in total. The minimum atomic E-state index is -0.748. The molecule has 9 nitrogen and oxygen atoms in total. The lowest BCUT2D eigenvalue weighted by Gasteiger charge is -2.43. The molecule has 0 bridgehead atoms. The third-order valence-electron chi connectivity index (χ3n) is 7.71. The average molecular weight is 479 g/mol. The lowest BCUT2D eigenvalue weighted by Crippen LogP contribution is -2.56. The Bertz CT molecular complexity index is 755. The Labute approximate surface area is 204 Å². The van der Waals surface area contributed by atoms with Crippen LogP contribution in [0.3, 0.4) is 0 Å². The number of unbranched alkanes of at least 4 members (excludes halogenated alkanes) is 2. The maximum Gasteiger partial charge on any atom is 0.241 e. The molecule has 0 aromatic rings. The number of nitrogens with two attached hydrogens (primary N) is 4. The topological polar surface area (TPSA) is 162 Å². The van der Waals surface area contributed by atoms with Crippen molar-refractivity contribution in [1.29, 1.82) is 0 Å². The molecule has 2 saturated heterocycles. The monoisotopic (exact) mass is 478 g/mol. The number of likely N-dealkylation sites (tertiary alicyclic amines) is 2. The van der Waals surface area contributed by atoms with Crippen molar-refractivity contribution in [2.75, 3.05) is 13.1 Å². The molecule has 0 radical (unpaired) electrons. The minimum Gasteiger partial charge on any atom is -0.361 e. The highest BCUT2D eigenvalue weighted by Crippen LogP contribution is 2.40. The van der Waals surface area contributed by atoms with Crippen LogP contribution < -0.4 is 22.9 Å². The summed E-state index contributed by atoms with van der Waals surface area (Å²) in [5.41, 5.74) is 23.7. The summed E-state index contributed by atoms with van der Waals surface area (Å²) in [4.78, 5) is 42.0. The second kappa shape index (κ2) is 12.2. The van der Waals surface area contributed by atoms with Crippen LogP contribution in [0.2, 0.25) is 0 Å². The zero-order valence-corrected chi connectivity index (χ0v) is 21.3. The number of hydrogen-bond acceptors (Lipinski definition) is 8. The van der Waals surface area contributed by atoms with Crippen LogP contribution in [0.25, 0.3) is 0 Å². The molecule has 1 amide bonds. The highest BCUT2D eigenvalue weighted by atomic mass is 16.2. The van der Waals surface area contributed by atoms with Gasteiger partial charge in [-0.2, -0.15) is 0 Å².